The third-order valence-electron chi connectivity index (χ3n) is 5.37. The molecule has 7 nitrogen and oxygen atoms in total. The summed E-state index contributed by atoms with van der Waals surface area (Å²) in [4.78, 5) is 19.2. The van der Waals surface area contributed by atoms with Crippen LogP contribution in [0.2, 0.25) is 0 Å². The van der Waals surface area contributed by atoms with E-state index >= 15 is 0 Å². The molecule has 8 heteroatoms. The highest BCUT2D eigenvalue weighted by molar-refractivity contribution is 14.0. The number of amides is 1. The second-order valence-electron chi connectivity index (χ2n) is 7.28. The molecule has 1 heterocycles. The van der Waals surface area contributed by atoms with Gasteiger partial charge in [-0.25, -0.2) is 4.99 Å². The maximum atomic E-state index is 12.2. The number of morpholine rings is 1. The zero-order valence-electron chi connectivity index (χ0n) is 18.5. The lowest BCUT2D eigenvalue weighted by atomic mass is 9.92. The van der Waals surface area contributed by atoms with Crippen LogP contribution in [0.15, 0.2) is 35.3 Å². The molecular weight excluding hydrogens is 493 g/mol. The summed E-state index contributed by atoms with van der Waals surface area (Å²) in [5, 5.41) is 9.58. The molecule has 3 N–H and O–H groups in total. The van der Waals surface area contributed by atoms with Gasteiger partial charge < -0.3 is 20.7 Å². The van der Waals surface area contributed by atoms with Crippen LogP contribution in [0, 0.1) is 5.92 Å². The smallest absolute Gasteiger partial charge is 0.246 e. The molecule has 0 bridgehead atoms. The van der Waals surface area contributed by atoms with Gasteiger partial charge in [-0.3, -0.25) is 9.69 Å². The number of hydrogen-bond acceptors (Lipinski definition) is 4. The van der Waals surface area contributed by atoms with Crippen LogP contribution >= 0.6 is 24.0 Å². The topological polar surface area (TPSA) is 78.0 Å². The molecule has 1 saturated heterocycles. The number of halogens is 1. The molecule has 0 aliphatic carbocycles. The first-order valence-electron chi connectivity index (χ1n) is 10.9. The van der Waals surface area contributed by atoms with Crippen molar-refractivity contribution in [3.05, 3.63) is 30.3 Å². The van der Waals surface area contributed by atoms with Crippen molar-refractivity contribution in [3.63, 3.8) is 0 Å². The van der Waals surface area contributed by atoms with Gasteiger partial charge in [0.2, 0.25) is 5.91 Å². The molecule has 1 amide bonds. The molecule has 0 saturated carbocycles. The number of anilines is 1. The van der Waals surface area contributed by atoms with Gasteiger partial charge in [0.25, 0.3) is 0 Å². The van der Waals surface area contributed by atoms with Gasteiger partial charge in [-0.1, -0.05) is 44.9 Å². The van der Waals surface area contributed by atoms with Crippen molar-refractivity contribution in [2.45, 2.75) is 39.7 Å². The van der Waals surface area contributed by atoms with Crippen molar-refractivity contribution in [3.8, 4) is 0 Å². The van der Waals surface area contributed by atoms with Gasteiger partial charge in [0.1, 0.15) is 6.54 Å². The lowest BCUT2D eigenvalue weighted by Crippen LogP contribution is -2.53. The minimum Gasteiger partial charge on any atom is -0.379 e. The van der Waals surface area contributed by atoms with Crippen molar-refractivity contribution in [2.24, 2.45) is 10.9 Å². The fraction of sp³-hybridized carbons (Fsp3) is 0.636. The Morgan fingerprint density at radius 2 is 1.77 bits per heavy atom. The van der Waals surface area contributed by atoms with E-state index in [4.69, 9.17) is 4.74 Å². The fourth-order valence-electron chi connectivity index (χ4n) is 3.75. The number of ether oxygens (including phenoxy) is 1. The second-order valence-corrected chi connectivity index (χ2v) is 7.28. The van der Waals surface area contributed by atoms with Gasteiger partial charge in [0.15, 0.2) is 5.96 Å². The predicted molar refractivity (Wildman–Crippen MR) is 135 cm³/mol. The van der Waals surface area contributed by atoms with Crippen LogP contribution in [0.4, 0.5) is 5.69 Å². The summed E-state index contributed by atoms with van der Waals surface area (Å²) in [6, 6.07) is 9.88. The molecular formula is C22H38IN5O2. The van der Waals surface area contributed by atoms with Gasteiger partial charge in [-0.05, 0) is 25.0 Å². The predicted octanol–water partition coefficient (Wildman–Crippen LogP) is 2.94. The summed E-state index contributed by atoms with van der Waals surface area (Å²) in [7, 11) is 0. The highest BCUT2D eigenvalue weighted by Gasteiger charge is 2.27. The average Bonchev–Trinajstić information content (AvgIpc) is 2.76. The number of para-hydroxylation sites is 1. The van der Waals surface area contributed by atoms with E-state index in [1.165, 1.54) is 0 Å². The van der Waals surface area contributed by atoms with Crippen molar-refractivity contribution in [1.29, 1.82) is 0 Å². The van der Waals surface area contributed by atoms with Crippen LogP contribution in [0.1, 0.15) is 33.6 Å². The molecule has 0 spiro atoms. The van der Waals surface area contributed by atoms with Crippen molar-refractivity contribution in [1.82, 2.24) is 15.5 Å². The van der Waals surface area contributed by atoms with Crippen LogP contribution in [0.25, 0.3) is 0 Å². The van der Waals surface area contributed by atoms with E-state index in [0.29, 0.717) is 17.9 Å². The molecule has 170 valence electrons. The largest absolute Gasteiger partial charge is 0.379 e. The third-order valence-corrected chi connectivity index (χ3v) is 5.37. The third kappa shape index (κ3) is 9.18. The van der Waals surface area contributed by atoms with E-state index < -0.39 is 0 Å². The second kappa shape index (κ2) is 15.4. The Labute approximate surface area is 198 Å². The zero-order valence-corrected chi connectivity index (χ0v) is 20.9. The first kappa shape index (κ1) is 26.6. The van der Waals surface area contributed by atoms with Crippen LogP contribution in [0.3, 0.4) is 0 Å². The van der Waals surface area contributed by atoms with E-state index in [0.717, 1.165) is 57.9 Å². The Balaban J connectivity index is 0.00000450. The number of aliphatic imine (C=N–C) groups is 1. The molecule has 1 aliphatic rings. The molecule has 1 aromatic rings. The van der Waals surface area contributed by atoms with E-state index in [2.05, 4.69) is 39.7 Å². The Morgan fingerprint density at radius 3 is 2.37 bits per heavy atom. The van der Waals surface area contributed by atoms with Crippen LogP contribution in [-0.4, -0.2) is 68.7 Å². The number of nitrogens with zero attached hydrogens (tertiary/aromatic N) is 2. The van der Waals surface area contributed by atoms with Crippen LogP contribution in [-0.2, 0) is 9.53 Å². The number of nitrogens with one attached hydrogen (secondary N) is 3. The van der Waals surface area contributed by atoms with Gasteiger partial charge in [0, 0.05) is 37.9 Å². The summed E-state index contributed by atoms with van der Waals surface area (Å²) < 4.78 is 5.53. The van der Waals surface area contributed by atoms with Crippen LogP contribution < -0.4 is 16.0 Å². The first-order valence-corrected chi connectivity index (χ1v) is 10.9. The standard InChI is InChI=1S/C22H37N5O2.HI/c1-4-18(5-2)20(27-12-14-29-15-13-27)16-24-22(23-6-3)25-17-21(28)26-19-10-8-7-9-11-19;/h7-11,18,20H,4-6,12-17H2,1-3H3,(H,26,28)(H2,23,24,25);1H. The van der Waals surface area contributed by atoms with E-state index in [-0.39, 0.29) is 36.4 Å². The lowest BCUT2D eigenvalue weighted by molar-refractivity contribution is -0.114. The molecule has 1 unspecified atom stereocenters. The summed E-state index contributed by atoms with van der Waals surface area (Å²) >= 11 is 0. The fourth-order valence-corrected chi connectivity index (χ4v) is 3.75. The quantitative estimate of drug-likeness (QED) is 0.246. The highest BCUT2D eigenvalue weighted by atomic mass is 127. The molecule has 1 fully saturated rings. The normalized spacial score (nSPS) is 15.9. The molecule has 0 radical (unpaired) electrons. The lowest BCUT2D eigenvalue weighted by Gasteiger charge is -2.39. The average molecular weight is 531 g/mol. The molecule has 30 heavy (non-hydrogen) atoms. The Kier molecular flexibility index (Phi) is 13.7. The molecule has 1 atom stereocenters. The Bertz CT molecular complexity index is 619. The minimum absolute atomic E-state index is 0. The molecule has 1 aromatic carbocycles. The highest BCUT2D eigenvalue weighted by Crippen LogP contribution is 2.19. The number of guanidine groups is 1. The van der Waals surface area contributed by atoms with Crippen molar-refractivity contribution >= 4 is 41.5 Å². The maximum absolute atomic E-state index is 12.2. The van der Waals surface area contributed by atoms with E-state index in [9.17, 15) is 4.79 Å². The Hall–Kier alpha value is -1.39. The molecule has 1 aliphatic heterocycles. The number of carbonyl (C=O) groups excluding carboxylic acids is 1. The number of benzene rings is 1. The van der Waals surface area contributed by atoms with Gasteiger partial charge in [-0.2, -0.15) is 0 Å². The van der Waals surface area contributed by atoms with E-state index in [1.807, 2.05) is 37.3 Å². The Morgan fingerprint density at radius 1 is 1.10 bits per heavy atom. The summed E-state index contributed by atoms with van der Waals surface area (Å²) in [5.74, 6) is 1.17. The summed E-state index contributed by atoms with van der Waals surface area (Å²) in [5.41, 5.74) is 0.784. The SMILES string of the molecule is CCNC(=NCC(=O)Nc1ccccc1)NCC(C(CC)CC)N1CCOCC1.I. The first-order chi connectivity index (χ1) is 14.2. The van der Waals surface area contributed by atoms with Gasteiger partial charge in [0.05, 0.1) is 13.2 Å². The zero-order chi connectivity index (χ0) is 20.9. The summed E-state index contributed by atoms with van der Waals surface area (Å²) in [6.07, 6.45) is 2.29. The number of carbonyl (C=O) groups is 1. The van der Waals surface area contributed by atoms with Gasteiger partial charge >= 0.3 is 0 Å². The maximum Gasteiger partial charge on any atom is 0.246 e. The minimum atomic E-state index is -0.127. The van der Waals surface area contributed by atoms with Crippen LogP contribution in [0.5, 0.6) is 0 Å². The van der Waals surface area contributed by atoms with Gasteiger partial charge in [-0.15, -0.1) is 24.0 Å². The van der Waals surface area contributed by atoms with E-state index in [1.54, 1.807) is 0 Å². The number of hydrogen-bond donors (Lipinski definition) is 3. The molecule has 2 rings (SSSR count). The molecule has 0 aromatic heterocycles. The summed E-state index contributed by atoms with van der Waals surface area (Å²) in [6.45, 7) is 11.7. The number of rotatable bonds is 10. The van der Waals surface area contributed by atoms with Crippen molar-refractivity contribution < 1.29 is 9.53 Å². The van der Waals surface area contributed by atoms with Crippen molar-refractivity contribution in [2.75, 3.05) is 51.3 Å². The monoisotopic (exact) mass is 531 g/mol.